The number of thiazole rings is 1. The normalized spacial score (nSPS) is 20.4. The van der Waals surface area contributed by atoms with Crippen molar-refractivity contribution in [3.63, 3.8) is 0 Å². The van der Waals surface area contributed by atoms with E-state index in [9.17, 15) is 4.79 Å². The quantitative estimate of drug-likeness (QED) is 0.469. The molecule has 4 aromatic rings. The Morgan fingerprint density at radius 1 is 0.938 bits per heavy atom. The Kier molecular flexibility index (Phi) is 4.84. The van der Waals surface area contributed by atoms with Crippen molar-refractivity contribution in [3.05, 3.63) is 106 Å². The maximum Gasteiger partial charge on any atom is 0.226 e. The highest BCUT2D eigenvalue weighted by Gasteiger charge is 2.42. The van der Waals surface area contributed by atoms with Crippen molar-refractivity contribution >= 4 is 17.2 Å². The van der Waals surface area contributed by atoms with E-state index in [0.29, 0.717) is 30.7 Å². The average Bonchev–Trinajstić information content (AvgIpc) is 3.32. The topological polar surface area (TPSA) is 54.9 Å². The number of hydrogen-bond donors (Lipinski definition) is 1. The number of rotatable bonds is 5. The van der Waals surface area contributed by atoms with E-state index in [4.69, 9.17) is 0 Å². The molecule has 1 amide bonds. The number of carbonyl (C=O) groups excluding carboxylic acids is 1. The lowest BCUT2D eigenvalue weighted by atomic mass is 9.59. The molecule has 0 spiro atoms. The number of carbonyl (C=O) groups is 1. The number of amides is 1. The van der Waals surface area contributed by atoms with Crippen molar-refractivity contribution in [2.24, 2.45) is 5.92 Å². The fraction of sp³-hybridized carbons (Fsp3) is 0.222. The summed E-state index contributed by atoms with van der Waals surface area (Å²) >= 11 is 1.53. The highest BCUT2D eigenvalue weighted by Crippen LogP contribution is 2.55. The van der Waals surface area contributed by atoms with Crippen molar-refractivity contribution in [1.82, 2.24) is 15.3 Å². The average molecular weight is 438 g/mol. The van der Waals surface area contributed by atoms with Gasteiger partial charge in [-0.15, -0.1) is 11.3 Å². The number of nitrogens with zero attached hydrogens (tertiary/aromatic N) is 2. The maximum atomic E-state index is 12.7. The molecule has 1 atom stereocenters. The molecular formula is C27H23N3OS. The molecule has 2 bridgehead atoms. The van der Waals surface area contributed by atoms with Crippen molar-refractivity contribution in [2.75, 3.05) is 6.54 Å². The second-order valence-corrected chi connectivity index (χ2v) is 9.48. The van der Waals surface area contributed by atoms with E-state index < -0.39 is 0 Å². The van der Waals surface area contributed by atoms with E-state index in [1.54, 1.807) is 6.20 Å². The van der Waals surface area contributed by atoms with Gasteiger partial charge in [-0.25, -0.2) is 4.98 Å². The molecule has 3 aliphatic rings. The fourth-order valence-electron chi connectivity index (χ4n) is 5.43. The van der Waals surface area contributed by atoms with E-state index in [1.165, 1.54) is 33.6 Å². The number of hydrogen-bond acceptors (Lipinski definition) is 4. The third-order valence-corrected chi connectivity index (χ3v) is 7.68. The predicted molar refractivity (Wildman–Crippen MR) is 127 cm³/mol. The molecule has 1 unspecified atom stereocenters. The van der Waals surface area contributed by atoms with E-state index >= 15 is 0 Å². The van der Waals surface area contributed by atoms with Crippen molar-refractivity contribution in [3.8, 4) is 10.7 Å². The Hall–Kier alpha value is -3.31. The van der Waals surface area contributed by atoms with E-state index in [2.05, 4.69) is 63.8 Å². The Balaban J connectivity index is 1.16. The number of benzene rings is 2. The molecule has 158 valence electrons. The lowest BCUT2D eigenvalue weighted by molar-refractivity contribution is -0.120. The van der Waals surface area contributed by atoms with Crippen LogP contribution in [-0.2, 0) is 11.2 Å². The van der Waals surface area contributed by atoms with Gasteiger partial charge in [-0.2, -0.15) is 0 Å². The molecule has 7 rings (SSSR count). The zero-order valence-corrected chi connectivity index (χ0v) is 18.4. The molecule has 0 radical (unpaired) electrons. The van der Waals surface area contributed by atoms with Crippen LogP contribution in [0.5, 0.6) is 0 Å². The molecule has 2 aromatic carbocycles. The first-order valence-electron chi connectivity index (χ1n) is 11.1. The van der Waals surface area contributed by atoms with Gasteiger partial charge in [0, 0.05) is 30.0 Å². The summed E-state index contributed by atoms with van der Waals surface area (Å²) in [5, 5.41) is 6.02. The molecule has 0 saturated carbocycles. The first kappa shape index (κ1) is 19.4. The Morgan fingerprint density at radius 3 is 2.31 bits per heavy atom. The monoisotopic (exact) mass is 437 g/mol. The number of nitrogens with one attached hydrogen (secondary N) is 1. The molecule has 3 aliphatic carbocycles. The molecule has 2 aromatic heterocycles. The van der Waals surface area contributed by atoms with Gasteiger partial charge < -0.3 is 5.32 Å². The molecule has 0 aliphatic heterocycles. The van der Waals surface area contributed by atoms with Crippen LogP contribution in [0.4, 0.5) is 0 Å². The summed E-state index contributed by atoms with van der Waals surface area (Å²) in [5.74, 6) is 1.22. The van der Waals surface area contributed by atoms with Gasteiger partial charge in [0.1, 0.15) is 5.01 Å². The molecule has 5 heteroatoms. The molecule has 0 saturated heterocycles. The fourth-order valence-corrected chi connectivity index (χ4v) is 6.22. The van der Waals surface area contributed by atoms with Crippen LogP contribution in [0.15, 0.2) is 78.3 Å². The summed E-state index contributed by atoms with van der Waals surface area (Å²) in [5.41, 5.74) is 7.43. The summed E-state index contributed by atoms with van der Waals surface area (Å²) in [6.07, 6.45) is 3.15. The van der Waals surface area contributed by atoms with Crippen LogP contribution in [0.1, 0.15) is 46.2 Å². The van der Waals surface area contributed by atoms with Crippen molar-refractivity contribution in [2.45, 2.75) is 24.7 Å². The minimum atomic E-state index is 0.0332. The molecule has 1 N–H and O–H groups in total. The Morgan fingerprint density at radius 2 is 1.62 bits per heavy atom. The van der Waals surface area contributed by atoms with Crippen molar-refractivity contribution < 1.29 is 4.79 Å². The Bertz CT molecular complexity index is 1240. The molecular weight excluding hydrogens is 414 g/mol. The van der Waals surface area contributed by atoms with Crippen LogP contribution in [0.3, 0.4) is 0 Å². The minimum absolute atomic E-state index is 0.0332. The van der Waals surface area contributed by atoms with Gasteiger partial charge >= 0.3 is 0 Å². The summed E-state index contributed by atoms with van der Waals surface area (Å²) in [6, 6.07) is 23.4. The third-order valence-electron chi connectivity index (χ3n) is 6.76. The molecule has 2 heterocycles. The first-order valence-corrected chi connectivity index (χ1v) is 12.0. The zero-order valence-electron chi connectivity index (χ0n) is 17.6. The lowest BCUT2D eigenvalue weighted by Gasteiger charge is -2.45. The van der Waals surface area contributed by atoms with E-state index in [-0.39, 0.29) is 5.91 Å². The molecule has 32 heavy (non-hydrogen) atoms. The molecule has 0 fully saturated rings. The summed E-state index contributed by atoms with van der Waals surface area (Å²) in [7, 11) is 0. The van der Waals surface area contributed by atoms with Gasteiger partial charge in [-0.3, -0.25) is 9.78 Å². The van der Waals surface area contributed by atoms with E-state index in [0.717, 1.165) is 22.8 Å². The smallest absolute Gasteiger partial charge is 0.226 e. The molecule has 4 nitrogen and oxygen atoms in total. The van der Waals surface area contributed by atoms with Crippen LogP contribution < -0.4 is 5.32 Å². The number of aromatic nitrogens is 2. The first-order chi connectivity index (χ1) is 15.8. The largest absolute Gasteiger partial charge is 0.355 e. The van der Waals surface area contributed by atoms with Gasteiger partial charge in [-0.1, -0.05) is 54.6 Å². The van der Waals surface area contributed by atoms with Gasteiger partial charge in [-0.05, 0) is 46.7 Å². The standard InChI is InChI=1S/C27H23N3OS/c31-25(14-18-16-32-27(30-18)24-11-5-6-12-28-24)29-15-17-13-23-19-7-1-3-9-21(19)26(17)22-10-4-2-8-20(22)23/h1-12,16-17,23,26H,13-15H2,(H,29,31). The Labute approximate surface area is 191 Å². The van der Waals surface area contributed by atoms with Crippen LogP contribution >= 0.6 is 11.3 Å². The van der Waals surface area contributed by atoms with E-state index in [1.807, 2.05) is 23.6 Å². The highest BCUT2D eigenvalue weighted by atomic mass is 32.1. The van der Waals surface area contributed by atoms with Gasteiger partial charge in [0.15, 0.2) is 0 Å². The summed E-state index contributed by atoms with van der Waals surface area (Å²) in [6.45, 7) is 0.694. The number of fused-ring (bicyclic) bond motifs is 1. The summed E-state index contributed by atoms with van der Waals surface area (Å²) < 4.78 is 0. The second-order valence-electron chi connectivity index (χ2n) is 8.62. The lowest BCUT2D eigenvalue weighted by Crippen LogP contribution is -2.39. The SMILES string of the molecule is O=C(Cc1csc(-c2ccccn2)n1)NCC1CC2c3ccccc3C1c1ccccc12. The van der Waals surface area contributed by atoms with Gasteiger partial charge in [0.05, 0.1) is 17.8 Å². The van der Waals surface area contributed by atoms with Gasteiger partial charge in [0.2, 0.25) is 5.91 Å². The zero-order chi connectivity index (χ0) is 21.5. The van der Waals surface area contributed by atoms with Crippen molar-refractivity contribution in [1.29, 1.82) is 0 Å². The van der Waals surface area contributed by atoms with Crippen LogP contribution in [-0.4, -0.2) is 22.4 Å². The second kappa shape index (κ2) is 7.99. The van der Waals surface area contributed by atoms with Crippen LogP contribution in [0.2, 0.25) is 0 Å². The predicted octanol–water partition coefficient (Wildman–Crippen LogP) is 5.16. The van der Waals surface area contributed by atoms with Crippen LogP contribution in [0.25, 0.3) is 10.7 Å². The third kappa shape index (κ3) is 3.33. The minimum Gasteiger partial charge on any atom is -0.355 e. The number of pyridine rings is 1. The maximum absolute atomic E-state index is 12.7. The highest BCUT2D eigenvalue weighted by molar-refractivity contribution is 7.13. The van der Waals surface area contributed by atoms with Crippen LogP contribution in [0, 0.1) is 5.92 Å². The van der Waals surface area contributed by atoms with Gasteiger partial charge in [0.25, 0.3) is 0 Å². The summed E-state index contributed by atoms with van der Waals surface area (Å²) in [4.78, 5) is 21.7.